The number of allylic oxidation sites excluding steroid dienone is 2. The third-order valence-electron chi connectivity index (χ3n) is 4.64. The van der Waals surface area contributed by atoms with Gasteiger partial charge in [-0.1, -0.05) is 6.07 Å². The molecule has 0 spiro atoms. The van der Waals surface area contributed by atoms with E-state index in [0.29, 0.717) is 48.7 Å². The fourth-order valence-corrected chi connectivity index (χ4v) is 3.50. The zero-order valence-electron chi connectivity index (χ0n) is 15.6. The summed E-state index contributed by atoms with van der Waals surface area (Å²) >= 11 is 0. The summed E-state index contributed by atoms with van der Waals surface area (Å²) < 4.78 is 18.4. The molecule has 0 fully saturated rings. The average molecular weight is 370 g/mol. The molecule has 0 saturated carbocycles. The number of anilines is 1. The van der Waals surface area contributed by atoms with Gasteiger partial charge < -0.3 is 19.5 Å². The summed E-state index contributed by atoms with van der Waals surface area (Å²) in [5, 5.41) is 7.73. The molecule has 8 nitrogen and oxygen atoms in total. The first-order valence-electron chi connectivity index (χ1n) is 8.91. The Hall–Kier alpha value is -2.87. The van der Waals surface area contributed by atoms with Gasteiger partial charge in [0.25, 0.3) is 0 Å². The predicted octanol–water partition coefficient (Wildman–Crippen LogP) is 2.46. The van der Waals surface area contributed by atoms with Crippen LogP contribution >= 0.6 is 0 Å². The van der Waals surface area contributed by atoms with E-state index in [-0.39, 0.29) is 5.78 Å². The zero-order chi connectivity index (χ0) is 19.0. The fourth-order valence-electron chi connectivity index (χ4n) is 3.50. The van der Waals surface area contributed by atoms with E-state index in [1.54, 1.807) is 18.7 Å². The number of aromatic nitrogens is 3. The number of methoxy groups -OCH3 is 1. The molecule has 3 heterocycles. The number of carbonyl (C=O) groups excluding carboxylic acids is 1. The normalized spacial score (nSPS) is 18.6. The van der Waals surface area contributed by atoms with Crippen LogP contribution in [0.2, 0.25) is 0 Å². The Morgan fingerprint density at radius 1 is 1.33 bits per heavy atom. The molecule has 1 atom stereocenters. The van der Waals surface area contributed by atoms with Crippen molar-refractivity contribution in [1.29, 1.82) is 0 Å². The van der Waals surface area contributed by atoms with E-state index in [9.17, 15) is 4.79 Å². The Labute approximate surface area is 157 Å². The summed E-state index contributed by atoms with van der Waals surface area (Å²) in [4.78, 5) is 16.9. The molecule has 0 amide bonds. The minimum atomic E-state index is -0.394. The molecule has 0 bridgehead atoms. The largest absolute Gasteiger partial charge is 0.490 e. The Balaban J connectivity index is 1.83. The lowest BCUT2D eigenvalue weighted by molar-refractivity contribution is -0.114. The van der Waals surface area contributed by atoms with E-state index in [1.165, 1.54) is 0 Å². The van der Waals surface area contributed by atoms with Gasteiger partial charge in [0.05, 0.1) is 13.2 Å². The third kappa shape index (κ3) is 3.16. The highest BCUT2D eigenvalue weighted by molar-refractivity contribution is 5.96. The zero-order valence-corrected chi connectivity index (χ0v) is 15.6. The number of ether oxygens (including phenoxy) is 3. The van der Waals surface area contributed by atoms with Crippen molar-refractivity contribution in [2.24, 2.45) is 0 Å². The lowest BCUT2D eigenvalue weighted by Gasteiger charge is -2.28. The van der Waals surface area contributed by atoms with Gasteiger partial charge in [0, 0.05) is 24.8 Å². The minimum Gasteiger partial charge on any atom is -0.490 e. The third-order valence-corrected chi connectivity index (χ3v) is 4.64. The van der Waals surface area contributed by atoms with Crippen molar-refractivity contribution in [3.05, 3.63) is 40.9 Å². The molecule has 4 rings (SSSR count). The molecular formula is C19H22N4O4. The average Bonchev–Trinajstić information content (AvgIpc) is 2.87. The number of nitrogens with zero attached hydrogens (tertiary/aromatic N) is 3. The number of hydrogen-bond acceptors (Lipinski definition) is 7. The molecule has 142 valence electrons. The number of ketones is 1. The van der Waals surface area contributed by atoms with Crippen LogP contribution in [0, 0.1) is 0 Å². The molecule has 0 aliphatic carbocycles. The minimum absolute atomic E-state index is 0.0217. The summed E-state index contributed by atoms with van der Waals surface area (Å²) in [7, 11) is 1.60. The van der Waals surface area contributed by atoms with Gasteiger partial charge in [-0.2, -0.15) is 10.1 Å². The summed E-state index contributed by atoms with van der Waals surface area (Å²) in [6.45, 7) is 4.97. The monoisotopic (exact) mass is 370 g/mol. The molecule has 27 heavy (non-hydrogen) atoms. The maximum absolute atomic E-state index is 12.4. The first-order valence-corrected chi connectivity index (χ1v) is 8.91. The Kier molecular flexibility index (Phi) is 4.57. The molecule has 2 aromatic rings. The van der Waals surface area contributed by atoms with E-state index in [1.807, 2.05) is 25.1 Å². The van der Waals surface area contributed by atoms with E-state index in [2.05, 4.69) is 15.4 Å². The van der Waals surface area contributed by atoms with Gasteiger partial charge in [0.2, 0.25) is 5.95 Å². The van der Waals surface area contributed by atoms with E-state index in [0.717, 1.165) is 17.7 Å². The number of nitrogens with one attached hydrogen (secondary N) is 1. The van der Waals surface area contributed by atoms with E-state index >= 15 is 0 Å². The smallest absolute Gasteiger partial charge is 0.226 e. The topological polar surface area (TPSA) is 87.5 Å². The van der Waals surface area contributed by atoms with Crippen molar-refractivity contribution >= 4 is 11.7 Å². The predicted molar refractivity (Wildman–Crippen MR) is 97.9 cm³/mol. The lowest BCUT2D eigenvalue weighted by atomic mass is 9.93. The van der Waals surface area contributed by atoms with Crippen LogP contribution < -0.4 is 14.8 Å². The van der Waals surface area contributed by atoms with Crippen molar-refractivity contribution in [2.75, 3.05) is 25.6 Å². The Morgan fingerprint density at radius 3 is 2.85 bits per heavy atom. The van der Waals surface area contributed by atoms with Gasteiger partial charge >= 0.3 is 0 Å². The first-order chi connectivity index (χ1) is 13.1. The number of Topliss-reactive ketones (excluding diaryl/α,β-unsaturated/α-hetero) is 1. The van der Waals surface area contributed by atoms with Crippen LogP contribution in [0.3, 0.4) is 0 Å². The molecule has 0 radical (unpaired) electrons. The van der Waals surface area contributed by atoms with Crippen LogP contribution in [-0.2, 0) is 16.1 Å². The highest BCUT2D eigenvalue weighted by Gasteiger charge is 2.33. The van der Waals surface area contributed by atoms with E-state index in [4.69, 9.17) is 14.2 Å². The Bertz CT molecular complexity index is 918. The van der Waals surface area contributed by atoms with Crippen LogP contribution in [0.25, 0.3) is 0 Å². The summed E-state index contributed by atoms with van der Waals surface area (Å²) in [6.07, 6.45) is 0.836. The molecule has 2 aliphatic rings. The van der Waals surface area contributed by atoms with Gasteiger partial charge in [0.15, 0.2) is 23.1 Å². The molecule has 1 aromatic carbocycles. The van der Waals surface area contributed by atoms with Gasteiger partial charge in [-0.15, -0.1) is 0 Å². The lowest BCUT2D eigenvalue weighted by Crippen LogP contribution is -2.27. The van der Waals surface area contributed by atoms with Crippen molar-refractivity contribution < 1.29 is 19.0 Å². The SMILES string of the molecule is COCc1nc2n(n1)C(c1ccc3c(c1)OCCCO3)C(C(C)=O)=C(C)N2. The van der Waals surface area contributed by atoms with Gasteiger partial charge in [0.1, 0.15) is 12.6 Å². The summed E-state index contributed by atoms with van der Waals surface area (Å²) in [6, 6.07) is 5.36. The van der Waals surface area contributed by atoms with E-state index < -0.39 is 6.04 Å². The van der Waals surface area contributed by atoms with Crippen LogP contribution in [0.1, 0.15) is 37.7 Å². The summed E-state index contributed by atoms with van der Waals surface area (Å²) in [5.41, 5.74) is 2.30. The van der Waals surface area contributed by atoms with Gasteiger partial charge in [-0.3, -0.25) is 4.79 Å². The standard InChI is InChI=1S/C19H22N4O4/c1-11-17(12(2)24)18(23-19(20-11)21-16(22-23)10-25-3)13-5-6-14-15(9-13)27-8-4-7-26-14/h5-6,9,18H,4,7-8,10H2,1-3H3,(H,20,21,22). The van der Waals surface area contributed by atoms with Crippen LogP contribution in [-0.4, -0.2) is 40.9 Å². The quantitative estimate of drug-likeness (QED) is 0.884. The van der Waals surface area contributed by atoms with Gasteiger partial charge in [-0.05, 0) is 31.5 Å². The van der Waals surface area contributed by atoms with Crippen LogP contribution in [0.5, 0.6) is 11.5 Å². The highest BCUT2D eigenvalue weighted by Crippen LogP contribution is 2.39. The molecular weight excluding hydrogens is 348 g/mol. The fraction of sp³-hybridized carbons (Fsp3) is 0.421. The van der Waals surface area contributed by atoms with Crippen molar-refractivity contribution in [3.8, 4) is 11.5 Å². The number of rotatable bonds is 4. The molecule has 2 aliphatic heterocycles. The number of benzene rings is 1. The second kappa shape index (κ2) is 7.03. The first kappa shape index (κ1) is 17.5. The van der Waals surface area contributed by atoms with Crippen LogP contribution in [0.4, 0.5) is 5.95 Å². The molecule has 1 unspecified atom stereocenters. The number of carbonyl (C=O) groups is 1. The second-order valence-electron chi connectivity index (χ2n) is 6.61. The number of hydrogen-bond donors (Lipinski definition) is 1. The summed E-state index contributed by atoms with van der Waals surface area (Å²) in [5.74, 6) is 2.52. The van der Waals surface area contributed by atoms with Crippen molar-refractivity contribution in [3.63, 3.8) is 0 Å². The molecule has 8 heteroatoms. The Morgan fingerprint density at radius 2 is 2.11 bits per heavy atom. The van der Waals surface area contributed by atoms with Crippen molar-refractivity contribution in [2.45, 2.75) is 32.9 Å². The second-order valence-corrected chi connectivity index (χ2v) is 6.61. The molecule has 1 N–H and O–H groups in total. The number of fused-ring (bicyclic) bond motifs is 2. The maximum atomic E-state index is 12.4. The molecule has 0 saturated heterocycles. The highest BCUT2D eigenvalue weighted by atomic mass is 16.5. The van der Waals surface area contributed by atoms with Crippen molar-refractivity contribution in [1.82, 2.24) is 14.8 Å². The molecule has 1 aromatic heterocycles. The van der Waals surface area contributed by atoms with Gasteiger partial charge in [-0.25, -0.2) is 4.68 Å². The maximum Gasteiger partial charge on any atom is 0.226 e. The van der Waals surface area contributed by atoms with Crippen LogP contribution in [0.15, 0.2) is 29.5 Å².